The summed E-state index contributed by atoms with van der Waals surface area (Å²) in [5, 5.41) is 1.13. The maximum Gasteiger partial charge on any atom is 0.119 e. The second-order valence-corrected chi connectivity index (χ2v) is 7.74. The van der Waals surface area contributed by atoms with Crippen LogP contribution in [0, 0.1) is 0 Å². The van der Waals surface area contributed by atoms with Crippen LogP contribution in [-0.2, 0) is 0 Å². The van der Waals surface area contributed by atoms with Crippen molar-refractivity contribution in [2.24, 2.45) is 0 Å². The lowest BCUT2D eigenvalue weighted by molar-refractivity contribution is 0.853. The van der Waals surface area contributed by atoms with Crippen LogP contribution in [0.2, 0.25) is 0 Å². The van der Waals surface area contributed by atoms with Crippen molar-refractivity contribution in [2.45, 2.75) is 33.6 Å². The highest BCUT2D eigenvalue weighted by Gasteiger charge is 2.19. The summed E-state index contributed by atoms with van der Waals surface area (Å²) in [4.78, 5) is 2.31. The minimum Gasteiger partial charge on any atom is -0.372 e. The normalized spacial score (nSPS) is 11.3. The summed E-state index contributed by atoms with van der Waals surface area (Å²) in [6.45, 7) is 9.50. The minimum atomic E-state index is -1.11. The molecule has 0 unspecified atom stereocenters. The van der Waals surface area contributed by atoms with Gasteiger partial charge in [0.05, 0.1) is 0 Å². The third-order valence-electron chi connectivity index (χ3n) is 2.94. The van der Waals surface area contributed by atoms with E-state index in [1.165, 1.54) is 11.3 Å². The SMILES string of the molecule is CCN(CC)c1cccc(C(C)C)c1P(Cl)Cl. The Morgan fingerprint density at radius 3 is 2.18 bits per heavy atom. The van der Waals surface area contributed by atoms with Gasteiger partial charge in [-0.15, -0.1) is 0 Å². The Bertz CT molecular complexity index is 362. The third kappa shape index (κ3) is 3.50. The van der Waals surface area contributed by atoms with Gasteiger partial charge in [0.1, 0.15) is 6.63 Å². The molecule has 0 atom stereocenters. The lowest BCUT2D eigenvalue weighted by atomic mass is 10.0. The molecule has 1 aromatic carbocycles. The van der Waals surface area contributed by atoms with Gasteiger partial charge in [-0.25, -0.2) is 0 Å². The molecule has 0 aliphatic rings. The van der Waals surface area contributed by atoms with Gasteiger partial charge in [-0.2, -0.15) is 0 Å². The lowest BCUT2D eigenvalue weighted by Gasteiger charge is -2.27. The zero-order valence-corrected chi connectivity index (χ0v) is 13.3. The molecule has 0 aliphatic carbocycles. The number of nitrogens with zero attached hydrogens (tertiary/aromatic N) is 1. The van der Waals surface area contributed by atoms with E-state index in [-0.39, 0.29) is 0 Å². The van der Waals surface area contributed by atoms with Crippen molar-refractivity contribution in [3.8, 4) is 0 Å². The first kappa shape index (κ1) is 15.1. The molecule has 0 spiro atoms. The first-order chi connectivity index (χ1) is 8.02. The quantitative estimate of drug-likeness (QED) is 0.685. The molecule has 0 amide bonds. The zero-order chi connectivity index (χ0) is 13.0. The highest BCUT2D eigenvalue weighted by molar-refractivity contribution is 8.09. The largest absolute Gasteiger partial charge is 0.372 e. The maximum atomic E-state index is 6.22. The molecule has 0 saturated carbocycles. The van der Waals surface area contributed by atoms with E-state index in [1.54, 1.807) is 0 Å². The van der Waals surface area contributed by atoms with E-state index < -0.39 is 6.63 Å². The van der Waals surface area contributed by atoms with Gasteiger partial charge in [0.25, 0.3) is 0 Å². The van der Waals surface area contributed by atoms with Crippen molar-refractivity contribution < 1.29 is 0 Å². The van der Waals surface area contributed by atoms with Crippen LogP contribution in [0.5, 0.6) is 0 Å². The van der Waals surface area contributed by atoms with Crippen molar-refractivity contribution in [3.63, 3.8) is 0 Å². The molecule has 0 saturated heterocycles. The highest BCUT2D eigenvalue weighted by atomic mass is 35.9. The Labute approximate surface area is 115 Å². The van der Waals surface area contributed by atoms with Gasteiger partial charge >= 0.3 is 0 Å². The summed E-state index contributed by atoms with van der Waals surface area (Å²) in [6.07, 6.45) is 0. The molecule has 1 aromatic rings. The van der Waals surface area contributed by atoms with E-state index in [9.17, 15) is 0 Å². The Morgan fingerprint density at radius 2 is 1.76 bits per heavy atom. The second kappa shape index (κ2) is 6.83. The number of halogens is 2. The Morgan fingerprint density at radius 1 is 1.18 bits per heavy atom. The summed E-state index contributed by atoms with van der Waals surface area (Å²) in [5.74, 6) is 0.447. The predicted molar refractivity (Wildman–Crippen MR) is 82.4 cm³/mol. The van der Waals surface area contributed by atoms with Crippen molar-refractivity contribution in [1.29, 1.82) is 0 Å². The molecule has 96 valence electrons. The minimum absolute atomic E-state index is 0.447. The molecule has 1 nitrogen and oxygen atoms in total. The summed E-state index contributed by atoms with van der Waals surface area (Å²) in [5.41, 5.74) is 2.46. The van der Waals surface area contributed by atoms with Crippen molar-refractivity contribution in [3.05, 3.63) is 23.8 Å². The maximum absolute atomic E-state index is 6.22. The molecular formula is C13H20Cl2NP. The van der Waals surface area contributed by atoms with Crippen LogP contribution in [0.15, 0.2) is 18.2 Å². The molecule has 1 rings (SSSR count). The van der Waals surface area contributed by atoms with Gasteiger partial charge < -0.3 is 4.90 Å². The van der Waals surface area contributed by atoms with Crippen molar-refractivity contribution in [1.82, 2.24) is 0 Å². The smallest absolute Gasteiger partial charge is 0.119 e. The van der Waals surface area contributed by atoms with Crippen LogP contribution < -0.4 is 10.2 Å². The topological polar surface area (TPSA) is 3.24 Å². The molecule has 17 heavy (non-hydrogen) atoms. The summed E-state index contributed by atoms with van der Waals surface area (Å²) >= 11 is 12.4. The Balaban J connectivity index is 3.34. The van der Waals surface area contributed by atoms with E-state index in [1.807, 2.05) is 0 Å². The number of hydrogen-bond acceptors (Lipinski definition) is 1. The van der Waals surface area contributed by atoms with Crippen molar-refractivity contribution >= 4 is 40.1 Å². The Hall–Kier alpha value is 0.0300. The summed E-state index contributed by atoms with van der Waals surface area (Å²) in [6, 6.07) is 6.35. The first-order valence-electron chi connectivity index (χ1n) is 6.02. The van der Waals surface area contributed by atoms with E-state index >= 15 is 0 Å². The molecule has 0 N–H and O–H groups in total. The summed E-state index contributed by atoms with van der Waals surface area (Å²) in [7, 11) is 0. The number of rotatable bonds is 5. The number of benzene rings is 1. The molecule has 4 heteroatoms. The molecule has 0 heterocycles. The monoisotopic (exact) mass is 291 g/mol. The zero-order valence-electron chi connectivity index (χ0n) is 10.9. The number of anilines is 1. The molecule has 0 fully saturated rings. The molecule has 0 aromatic heterocycles. The molecular weight excluding hydrogens is 272 g/mol. The fourth-order valence-electron chi connectivity index (χ4n) is 2.02. The summed E-state index contributed by atoms with van der Waals surface area (Å²) < 4.78 is 0. The van der Waals surface area contributed by atoms with Crippen LogP contribution in [-0.4, -0.2) is 13.1 Å². The predicted octanol–water partition coefficient (Wildman–Crippen LogP) is 5.07. The van der Waals surface area contributed by atoms with Gasteiger partial charge in [-0.3, -0.25) is 0 Å². The van der Waals surface area contributed by atoms with Gasteiger partial charge in [-0.1, -0.05) is 48.5 Å². The average Bonchev–Trinajstić information content (AvgIpc) is 2.30. The lowest BCUT2D eigenvalue weighted by Crippen LogP contribution is -2.27. The van der Waals surface area contributed by atoms with E-state index in [4.69, 9.17) is 22.5 Å². The van der Waals surface area contributed by atoms with E-state index in [0.717, 1.165) is 18.4 Å². The van der Waals surface area contributed by atoms with Crippen LogP contribution in [0.4, 0.5) is 5.69 Å². The number of hydrogen-bond donors (Lipinski definition) is 0. The van der Waals surface area contributed by atoms with Crippen molar-refractivity contribution in [2.75, 3.05) is 18.0 Å². The second-order valence-electron chi connectivity index (χ2n) is 4.27. The van der Waals surface area contributed by atoms with Gasteiger partial charge in [0.2, 0.25) is 0 Å². The van der Waals surface area contributed by atoms with Crippen LogP contribution in [0.1, 0.15) is 39.2 Å². The fraction of sp³-hybridized carbons (Fsp3) is 0.538. The van der Waals surface area contributed by atoms with Crippen LogP contribution >= 0.6 is 29.1 Å². The highest BCUT2D eigenvalue weighted by Crippen LogP contribution is 2.49. The fourth-order valence-corrected chi connectivity index (χ4v) is 4.04. The Kier molecular flexibility index (Phi) is 6.06. The molecule has 0 aliphatic heterocycles. The standard InChI is InChI=1S/C13H20Cl2NP/c1-5-16(6-2)12-9-7-8-11(10(3)4)13(12)17(14)15/h7-10H,5-6H2,1-4H3. The molecule has 0 radical (unpaired) electrons. The van der Waals surface area contributed by atoms with Crippen LogP contribution in [0.3, 0.4) is 0 Å². The van der Waals surface area contributed by atoms with Gasteiger partial charge in [0.15, 0.2) is 0 Å². The van der Waals surface area contributed by atoms with Gasteiger partial charge in [-0.05, 0) is 31.4 Å². The first-order valence-corrected chi connectivity index (χ1v) is 9.17. The third-order valence-corrected chi connectivity index (χ3v) is 4.78. The van der Waals surface area contributed by atoms with Crippen LogP contribution in [0.25, 0.3) is 0 Å². The van der Waals surface area contributed by atoms with E-state index in [2.05, 4.69) is 50.8 Å². The average molecular weight is 292 g/mol. The molecule has 0 bridgehead atoms. The van der Waals surface area contributed by atoms with E-state index in [0.29, 0.717) is 5.92 Å². The van der Waals surface area contributed by atoms with Gasteiger partial charge in [0, 0.05) is 24.1 Å².